The van der Waals surface area contributed by atoms with Crippen molar-refractivity contribution in [3.8, 4) is 0 Å². The first-order valence-corrected chi connectivity index (χ1v) is 9.47. The molecule has 1 aliphatic heterocycles. The van der Waals surface area contributed by atoms with Gasteiger partial charge in [0.2, 0.25) is 11.8 Å². The Morgan fingerprint density at radius 3 is 2.70 bits per heavy atom. The third-order valence-electron chi connectivity index (χ3n) is 5.16. The number of aliphatic hydroxyl groups is 1. The van der Waals surface area contributed by atoms with Crippen molar-refractivity contribution in [3.05, 3.63) is 47.8 Å². The van der Waals surface area contributed by atoms with E-state index < -0.39 is 6.10 Å². The normalized spacial score (nSPS) is 17.3. The lowest BCUT2D eigenvalue weighted by Crippen LogP contribution is -2.38. The molecule has 142 valence electrons. The van der Waals surface area contributed by atoms with Gasteiger partial charge >= 0.3 is 0 Å². The molecule has 2 aromatic rings. The van der Waals surface area contributed by atoms with E-state index in [1.54, 1.807) is 4.90 Å². The van der Waals surface area contributed by atoms with Gasteiger partial charge in [-0.25, -0.2) is 0 Å². The van der Waals surface area contributed by atoms with E-state index in [2.05, 4.69) is 10.4 Å². The van der Waals surface area contributed by atoms with Crippen molar-refractivity contribution in [1.29, 1.82) is 0 Å². The second kappa shape index (κ2) is 7.52. The second-order valence-electron chi connectivity index (χ2n) is 7.30. The van der Waals surface area contributed by atoms with Gasteiger partial charge in [0.05, 0.1) is 24.5 Å². The largest absolute Gasteiger partial charge is 0.386 e. The molecule has 1 saturated carbocycles. The summed E-state index contributed by atoms with van der Waals surface area (Å²) >= 11 is 0. The van der Waals surface area contributed by atoms with Crippen molar-refractivity contribution < 1.29 is 14.7 Å². The topological polar surface area (TPSA) is 87.5 Å². The summed E-state index contributed by atoms with van der Waals surface area (Å²) in [7, 11) is 0. The summed E-state index contributed by atoms with van der Waals surface area (Å²) in [5, 5.41) is 17.5. The molecule has 2 amide bonds. The smallest absolute Gasteiger partial charge is 0.224 e. The number of hydrogen-bond acceptors (Lipinski definition) is 4. The molecule has 7 nitrogen and oxygen atoms in total. The number of aromatic nitrogens is 2. The van der Waals surface area contributed by atoms with E-state index >= 15 is 0 Å². The number of anilines is 1. The molecular formula is C20H24N4O3. The van der Waals surface area contributed by atoms with Crippen molar-refractivity contribution in [3.63, 3.8) is 0 Å². The number of fused-ring (bicyclic) bond motifs is 1. The summed E-state index contributed by atoms with van der Waals surface area (Å²) in [5.41, 5.74) is 2.39. The molecule has 2 heterocycles. The van der Waals surface area contributed by atoms with E-state index in [4.69, 9.17) is 0 Å². The molecule has 0 spiro atoms. The predicted molar refractivity (Wildman–Crippen MR) is 99.6 cm³/mol. The number of carbonyl (C=O) groups excluding carboxylic acids is 2. The van der Waals surface area contributed by atoms with Crippen LogP contribution < -0.4 is 5.32 Å². The van der Waals surface area contributed by atoms with Crippen molar-refractivity contribution in [2.75, 3.05) is 11.9 Å². The zero-order valence-electron chi connectivity index (χ0n) is 15.2. The Hall–Kier alpha value is -2.67. The third-order valence-corrected chi connectivity index (χ3v) is 5.16. The van der Waals surface area contributed by atoms with Gasteiger partial charge in [0.15, 0.2) is 0 Å². The Morgan fingerprint density at radius 1 is 1.19 bits per heavy atom. The van der Waals surface area contributed by atoms with E-state index in [1.807, 2.05) is 41.1 Å². The van der Waals surface area contributed by atoms with E-state index in [0.717, 1.165) is 24.2 Å². The van der Waals surface area contributed by atoms with Gasteiger partial charge in [-0.05, 0) is 37.0 Å². The lowest BCUT2D eigenvalue weighted by molar-refractivity contribution is -0.134. The lowest BCUT2D eigenvalue weighted by atomic mass is 10.1. The molecule has 2 N–H and O–H groups in total. The van der Waals surface area contributed by atoms with Crippen LogP contribution in [0.5, 0.6) is 0 Å². The number of aliphatic hydroxyl groups excluding tert-OH is 1. The van der Waals surface area contributed by atoms with Crippen LogP contribution in [0.3, 0.4) is 0 Å². The van der Waals surface area contributed by atoms with E-state index in [-0.39, 0.29) is 24.7 Å². The van der Waals surface area contributed by atoms with Crippen LogP contribution in [0.1, 0.15) is 43.2 Å². The average molecular weight is 368 g/mol. The second-order valence-corrected chi connectivity index (χ2v) is 7.30. The molecule has 1 fully saturated rings. The maximum absolute atomic E-state index is 12.5. The molecule has 1 aromatic heterocycles. The zero-order chi connectivity index (χ0) is 18.8. The van der Waals surface area contributed by atoms with E-state index in [9.17, 15) is 14.7 Å². The highest BCUT2D eigenvalue weighted by atomic mass is 16.3. The fraction of sp³-hybridized carbons (Fsp3) is 0.450. The first-order chi connectivity index (χ1) is 13.1. The van der Waals surface area contributed by atoms with Gasteiger partial charge in [0.25, 0.3) is 0 Å². The molecular weight excluding hydrogens is 344 g/mol. The minimum Gasteiger partial charge on any atom is -0.386 e. The van der Waals surface area contributed by atoms with Crippen LogP contribution in [0.25, 0.3) is 0 Å². The molecule has 1 aromatic carbocycles. The molecule has 0 bridgehead atoms. The van der Waals surface area contributed by atoms with Gasteiger partial charge < -0.3 is 15.3 Å². The van der Waals surface area contributed by atoms with Crippen LogP contribution in [-0.2, 0) is 22.7 Å². The Balaban J connectivity index is 1.29. The molecule has 7 heteroatoms. The van der Waals surface area contributed by atoms with Gasteiger partial charge in [0.1, 0.15) is 6.10 Å². The van der Waals surface area contributed by atoms with Crippen LogP contribution >= 0.6 is 0 Å². The van der Waals surface area contributed by atoms with Gasteiger partial charge in [0, 0.05) is 25.1 Å². The number of benzene rings is 1. The zero-order valence-corrected chi connectivity index (χ0v) is 15.2. The lowest BCUT2D eigenvalue weighted by Gasteiger charge is -2.27. The Labute approximate surface area is 158 Å². The van der Waals surface area contributed by atoms with Crippen LogP contribution in [0.15, 0.2) is 36.4 Å². The van der Waals surface area contributed by atoms with Gasteiger partial charge in [-0.3, -0.25) is 14.3 Å². The number of nitrogens with one attached hydrogen (secondary N) is 1. The highest BCUT2D eigenvalue weighted by Gasteiger charge is 2.33. The minimum absolute atomic E-state index is 0.0325. The van der Waals surface area contributed by atoms with Crippen LogP contribution in [0.4, 0.5) is 5.69 Å². The number of para-hydroxylation sites is 1. The fourth-order valence-corrected chi connectivity index (χ4v) is 3.42. The average Bonchev–Trinajstić information content (AvgIpc) is 3.44. The van der Waals surface area contributed by atoms with Crippen LogP contribution in [0, 0.1) is 5.92 Å². The standard InChI is InChI=1S/C20H24N4O3/c25-18(21-15-4-2-1-3-5-15)8-9-19(26)23-10-11-24-16(13-23)12-17(22-24)20(27)14-6-7-14/h1-5,12,14,20,27H,6-11,13H2,(H,21,25)/t20-/m1/s1. The summed E-state index contributed by atoms with van der Waals surface area (Å²) in [4.78, 5) is 26.3. The van der Waals surface area contributed by atoms with Gasteiger partial charge in [-0.1, -0.05) is 18.2 Å². The number of rotatable bonds is 6. The molecule has 4 rings (SSSR count). The minimum atomic E-state index is -0.492. The monoisotopic (exact) mass is 368 g/mol. The van der Waals surface area contributed by atoms with Crippen LogP contribution in [-0.4, -0.2) is 38.1 Å². The van der Waals surface area contributed by atoms with Gasteiger partial charge in [-0.2, -0.15) is 5.10 Å². The molecule has 0 radical (unpaired) electrons. The molecule has 0 saturated heterocycles. The number of amides is 2. The molecule has 27 heavy (non-hydrogen) atoms. The molecule has 0 unspecified atom stereocenters. The summed E-state index contributed by atoms with van der Waals surface area (Å²) in [6.45, 7) is 1.67. The molecule has 1 aliphatic carbocycles. The first kappa shape index (κ1) is 17.7. The van der Waals surface area contributed by atoms with Crippen molar-refractivity contribution in [2.45, 2.75) is 44.9 Å². The number of carbonyl (C=O) groups is 2. The SMILES string of the molecule is O=C(CCC(=O)N1CCn2nc([C@H](O)C3CC3)cc2C1)Nc1ccccc1. The van der Waals surface area contributed by atoms with Gasteiger partial charge in [-0.15, -0.1) is 0 Å². The molecule has 2 aliphatic rings. The highest BCUT2D eigenvalue weighted by Crippen LogP contribution is 2.40. The maximum Gasteiger partial charge on any atom is 0.224 e. The first-order valence-electron chi connectivity index (χ1n) is 9.47. The van der Waals surface area contributed by atoms with E-state index in [0.29, 0.717) is 31.2 Å². The van der Waals surface area contributed by atoms with Crippen molar-refractivity contribution in [1.82, 2.24) is 14.7 Å². The number of nitrogens with zero attached hydrogens (tertiary/aromatic N) is 3. The summed E-state index contributed by atoms with van der Waals surface area (Å²) < 4.78 is 1.88. The summed E-state index contributed by atoms with van der Waals surface area (Å²) in [5.74, 6) is 0.143. The predicted octanol–water partition coefficient (Wildman–Crippen LogP) is 2.09. The quantitative estimate of drug-likeness (QED) is 0.817. The van der Waals surface area contributed by atoms with Crippen molar-refractivity contribution in [2.24, 2.45) is 5.92 Å². The molecule has 1 atom stereocenters. The van der Waals surface area contributed by atoms with Crippen molar-refractivity contribution >= 4 is 17.5 Å². The maximum atomic E-state index is 12.5. The summed E-state index contributed by atoms with van der Waals surface area (Å²) in [6, 6.07) is 11.1. The van der Waals surface area contributed by atoms with E-state index in [1.165, 1.54) is 0 Å². The number of hydrogen-bond donors (Lipinski definition) is 2. The highest BCUT2D eigenvalue weighted by molar-refractivity contribution is 5.93. The summed E-state index contributed by atoms with van der Waals surface area (Å²) in [6.07, 6.45) is 1.96. The Morgan fingerprint density at radius 2 is 1.96 bits per heavy atom. The van der Waals surface area contributed by atoms with Crippen LogP contribution in [0.2, 0.25) is 0 Å². The fourth-order valence-electron chi connectivity index (χ4n) is 3.42. The Kier molecular flexibility index (Phi) is 4.94. The third kappa shape index (κ3) is 4.19. The Bertz CT molecular complexity index is 829.